The lowest BCUT2D eigenvalue weighted by molar-refractivity contribution is 0.102. The Labute approximate surface area is 117 Å². The first kappa shape index (κ1) is 13.2. The van der Waals surface area contributed by atoms with E-state index in [4.69, 9.17) is 5.26 Å². The van der Waals surface area contributed by atoms with Crippen LogP contribution in [0.25, 0.3) is 0 Å². The smallest absolute Gasteiger partial charge is 0.259 e. The molecule has 0 saturated carbocycles. The molecular formula is C13H7BrFN3O. The summed E-state index contributed by atoms with van der Waals surface area (Å²) < 4.78 is 14.1. The molecule has 0 spiro atoms. The first-order valence-electron chi connectivity index (χ1n) is 5.22. The number of amides is 1. The first-order chi connectivity index (χ1) is 9.10. The highest BCUT2D eigenvalue weighted by Gasteiger charge is 2.12. The molecule has 0 fully saturated rings. The highest BCUT2D eigenvalue weighted by Crippen LogP contribution is 2.16. The van der Waals surface area contributed by atoms with Crippen molar-refractivity contribution in [3.8, 4) is 6.07 Å². The number of aromatic nitrogens is 1. The van der Waals surface area contributed by atoms with Gasteiger partial charge in [-0.15, -0.1) is 0 Å². The Morgan fingerprint density at radius 3 is 2.79 bits per heavy atom. The standard InChI is InChI=1S/C13H7BrFN3O/c14-9-2-3-11(15)10(5-9)13(19)18-12-4-1-8(6-16)7-17-12/h1-5,7H,(H,17,18,19). The molecule has 0 bridgehead atoms. The van der Waals surface area contributed by atoms with Crippen LogP contribution >= 0.6 is 15.9 Å². The molecule has 6 heteroatoms. The van der Waals surface area contributed by atoms with Crippen LogP contribution in [0.2, 0.25) is 0 Å². The minimum absolute atomic E-state index is 0.0828. The van der Waals surface area contributed by atoms with Gasteiger partial charge in [0.1, 0.15) is 17.7 Å². The Morgan fingerprint density at radius 1 is 1.37 bits per heavy atom. The van der Waals surface area contributed by atoms with E-state index in [0.717, 1.165) is 0 Å². The number of rotatable bonds is 2. The summed E-state index contributed by atoms with van der Waals surface area (Å²) in [4.78, 5) is 15.7. The van der Waals surface area contributed by atoms with Gasteiger partial charge in [0.25, 0.3) is 5.91 Å². The van der Waals surface area contributed by atoms with Crippen LogP contribution in [0.3, 0.4) is 0 Å². The van der Waals surface area contributed by atoms with Gasteiger partial charge < -0.3 is 5.32 Å². The Balaban J connectivity index is 2.21. The average molecular weight is 320 g/mol. The van der Waals surface area contributed by atoms with Crippen molar-refractivity contribution in [1.82, 2.24) is 4.98 Å². The van der Waals surface area contributed by atoms with Crippen LogP contribution in [-0.4, -0.2) is 10.9 Å². The molecule has 0 aliphatic rings. The van der Waals surface area contributed by atoms with Gasteiger partial charge in [0, 0.05) is 10.7 Å². The van der Waals surface area contributed by atoms with Crippen LogP contribution in [0.1, 0.15) is 15.9 Å². The maximum atomic E-state index is 13.5. The van der Waals surface area contributed by atoms with Crippen molar-refractivity contribution in [3.63, 3.8) is 0 Å². The number of anilines is 1. The van der Waals surface area contributed by atoms with Crippen LogP contribution in [0.5, 0.6) is 0 Å². The van der Waals surface area contributed by atoms with Gasteiger partial charge >= 0.3 is 0 Å². The summed E-state index contributed by atoms with van der Waals surface area (Å²) in [5.74, 6) is -0.964. The summed E-state index contributed by atoms with van der Waals surface area (Å²) in [5.41, 5.74) is 0.298. The molecule has 1 N–H and O–H groups in total. The average Bonchev–Trinajstić information content (AvgIpc) is 2.42. The maximum absolute atomic E-state index is 13.5. The zero-order chi connectivity index (χ0) is 13.8. The summed E-state index contributed by atoms with van der Waals surface area (Å²) in [6, 6.07) is 9.00. The largest absolute Gasteiger partial charge is 0.306 e. The third-order valence-electron chi connectivity index (χ3n) is 2.31. The summed E-state index contributed by atoms with van der Waals surface area (Å²) in [5, 5.41) is 11.1. The van der Waals surface area contributed by atoms with Gasteiger partial charge in [-0.2, -0.15) is 5.26 Å². The van der Waals surface area contributed by atoms with Crippen LogP contribution in [0.4, 0.5) is 10.2 Å². The molecule has 19 heavy (non-hydrogen) atoms. The van der Waals surface area contributed by atoms with E-state index in [1.807, 2.05) is 6.07 Å². The van der Waals surface area contributed by atoms with Gasteiger partial charge in [-0.05, 0) is 30.3 Å². The Bertz CT molecular complexity index is 665. The van der Waals surface area contributed by atoms with Crippen molar-refractivity contribution >= 4 is 27.7 Å². The van der Waals surface area contributed by atoms with E-state index in [1.54, 1.807) is 0 Å². The molecule has 1 aromatic heterocycles. The molecule has 0 aliphatic carbocycles. The molecule has 4 nitrogen and oxygen atoms in total. The Morgan fingerprint density at radius 2 is 2.16 bits per heavy atom. The fourth-order valence-electron chi connectivity index (χ4n) is 1.39. The number of nitriles is 1. The number of carbonyl (C=O) groups excluding carboxylic acids is 1. The number of pyridine rings is 1. The zero-order valence-electron chi connectivity index (χ0n) is 9.52. The molecule has 94 valence electrons. The highest BCUT2D eigenvalue weighted by atomic mass is 79.9. The van der Waals surface area contributed by atoms with E-state index in [-0.39, 0.29) is 11.4 Å². The normalized spacial score (nSPS) is 9.74. The molecule has 2 aromatic rings. The van der Waals surface area contributed by atoms with Crippen molar-refractivity contribution in [2.24, 2.45) is 0 Å². The fraction of sp³-hybridized carbons (Fsp3) is 0. The SMILES string of the molecule is N#Cc1ccc(NC(=O)c2cc(Br)ccc2F)nc1. The van der Waals surface area contributed by atoms with Gasteiger partial charge in [-0.1, -0.05) is 15.9 Å². The second-order valence-electron chi connectivity index (χ2n) is 3.62. The van der Waals surface area contributed by atoms with Gasteiger partial charge in [-0.3, -0.25) is 4.79 Å². The van der Waals surface area contributed by atoms with Gasteiger partial charge in [0.2, 0.25) is 0 Å². The predicted molar refractivity (Wildman–Crippen MR) is 71.0 cm³/mol. The van der Waals surface area contributed by atoms with Crippen molar-refractivity contribution in [1.29, 1.82) is 5.26 Å². The van der Waals surface area contributed by atoms with E-state index in [9.17, 15) is 9.18 Å². The first-order valence-corrected chi connectivity index (χ1v) is 6.02. The Hall–Kier alpha value is -2.26. The minimum atomic E-state index is -0.616. The summed E-state index contributed by atoms with van der Waals surface area (Å²) in [6.07, 6.45) is 1.33. The van der Waals surface area contributed by atoms with Crippen LogP contribution in [0, 0.1) is 17.1 Å². The summed E-state index contributed by atoms with van der Waals surface area (Å²) in [6.45, 7) is 0. The number of hydrogen-bond acceptors (Lipinski definition) is 3. The second-order valence-corrected chi connectivity index (χ2v) is 4.54. The number of hydrogen-bond donors (Lipinski definition) is 1. The fourth-order valence-corrected chi connectivity index (χ4v) is 1.75. The van der Waals surface area contributed by atoms with Gasteiger partial charge in [-0.25, -0.2) is 9.37 Å². The Kier molecular flexibility index (Phi) is 3.88. The molecule has 1 aromatic carbocycles. The van der Waals surface area contributed by atoms with E-state index in [2.05, 4.69) is 26.2 Å². The van der Waals surface area contributed by atoms with Crippen molar-refractivity contribution in [3.05, 3.63) is 57.9 Å². The molecule has 2 rings (SSSR count). The predicted octanol–water partition coefficient (Wildman–Crippen LogP) is 3.11. The van der Waals surface area contributed by atoms with Crippen molar-refractivity contribution in [2.75, 3.05) is 5.32 Å². The number of benzene rings is 1. The van der Waals surface area contributed by atoms with Crippen LogP contribution < -0.4 is 5.32 Å². The van der Waals surface area contributed by atoms with Gasteiger partial charge in [0.05, 0.1) is 11.1 Å². The second kappa shape index (κ2) is 5.59. The minimum Gasteiger partial charge on any atom is -0.306 e. The van der Waals surface area contributed by atoms with Crippen molar-refractivity contribution < 1.29 is 9.18 Å². The molecular weight excluding hydrogens is 313 g/mol. The lowest BCUT2D eigenvalue weighted by Gasteiger charge is -2.05. The van der Waals surface area contributed by atoms with Crippen LogP contribution in [0.15, 0.2) is 41.0 Å². The molecule has 0 saturated heterocycles. The number of nitrogens with zero attached hydrogens (tertiary/aromatic N) is 2. The molecule has 0 unspecified atom stereocenters. The van der Waals surface area contributed by atoms with Gasteiger partial charge in [0.15, 0.2) is 0 Å². The molecule has 0 radical (unpaired) electrons. The molecule has 0 aliphatic heterocycles. The zero-order valence-corrected chi connectivity index (χ0v) is 11.1. The summed E-state index contributed by atoms with van der Waals surface area (Å²) >= 11 is 3.17. The lowest BCUT2D eigenvalue weighted by Crippen LogP contribution is -2.14. The number of nitrogens with one attached hydrogen (secondary N) is 1. The highest BCUT2D eigenvalue weighted by molar-refractivity contribution is 9.10. The third kappa shape index (κ3) is 3.14. The summed E-state index contributed by atoms with van der Waals surface area (Å²) in [7, 11) is 0. The monoisotopic (exact) mass is 319 g/mol. The lowest BCUT2D eigenvalue weighted by atomic mass is 10.2. The van der Waals surface area contributed by atoms with Crippen LogP contribution in [-0.2, 0) is 0 Å². The molecule has 0 atom stereocenters. The molecule has 1 heterocycles. The van der Waals surface area contributed by atoms with E-state index in [1.165, 1.54) is 36.5 Å². The maximum Gasteiger partial charge on any atom is 0.259 e. The number of carbonyl (C=O) groups is 1. The van der Waals surface area contributed by atoms with Crippen molar-refractivity contribution in [2.45, 2.75) is 0 Å². The van der Waals surface area contributed by atoms with E-state index in [0.29, 0.717) is 10.0 Å². The molecule has 1 amide bonds. The van der Waals surface area contributed by atoms with E-state index >= 15 is 0 Å². The third-order valence-corrected chi connectivity index (χ3v) is 2.80. The number of halogens is 2. The quantitative estimate of drug-likeness (QED) is 0.924. The van der Waals surface area contributed by atoms with E-state index < -0.39 is 11.7 Å². The topological polar surface area (TPSA) is 65.8 Å².